The molecule has 1 saturated heterocycles. The molecule has 10 heteroatoms. The molecule has 3 heterocycles. The van der Waals surface area contributed by atoms with Crippen LogP contribution in [0, 0.1) is 13.8 Å². The molecule has 142 valence electrons. The first-order chi connectivity index (χ1) is 12.4. The Morgan fingerprint density at radius 1 is 1.31 bits per heavy atom. The van der Waals surface area contributed by atoms with Crippen molar-refractivity contribution >= 4 is 27.3 Å². The highest BCUT2D eigenvalue weighted by Gasteiger charge is 2.25. The summed E-state index contributed by atoms with van der Waals surface area (Å²) in [7, 11) is -3.63. The van der Waals surface area contributed by atoms with E-state index in [4.69, 9.17) is 4.52 Å². The van der Waals surface area contributed by atoms with Crippen molar-refractivity contribution in [1.82, 2.24) is 19.7 Å². The topological polar surface area (TPSA) is 95.8 Å². The summed E-state index contributed by atoms with van der Waals surface area (Å²) >= 11 is 1.45. The zero-order valence-corrected chi connectivity index (χ0v) is 16.4. The molecule has 0 unspecified atom stereocenters. The number of rotatable bonds is 6. The number of amides is 1. The first kappa shape index (κ1) is 19.0. The number of aryl methyl sites for hydroxylation is 2. The van der Waals surface area contributed by atoms with E-state index in [1.807, 2.05) is 22.4 Å². The number of carbonyl (C=O) groups excluding carboxylic acids is 1. The fraction of sp³-hybridized carbons (Fsp3) is 0.500. The first-order valence-electron chi connectivity index (χ1n) is 8.36. The van der Waals surface area contributed by atoms with E-state index in [0.29, 0.717) is 31.9 Å². The molecule has 0 saturated carbocycles. The van der Waals surface area contributed by atoms with Crippen LogP contribution < -0.4 is 4.72 Å². The second-order valence-corrected chi connectivity index (χ2v) is 8.81. The van der Waals surface area contributed by atoms with Gasteiger partial charge in [-0.25, -0.2) is 13.1 Å². The van der Waals surface area contributed by atoms with Gasteiger partial charge < -0.3 is 9.42 Å². The second-order valence-electron chi connectivity index (χ2n) is 6.16. The van der Waals surface area contributed by atoms with Crippen LogP contribution in [0.1, 0.15) is 21.1 Å². The molecule has 2 aromatic rings. The number of hydrogen-bond acceptors (Lipinski definition) is 7. The highest BCUT2D eigenvalue weighted by Crippen LogP contribution is 2.18. The number of thiophene rings is 1. The average molecular weight is 399 g/mol. The Hall–Kier alpha value is -1.75. The van der Waals surface area contributed by atoms with E-state index < -0.39 is 10.0 Å². The highest BCUT2D eigenvalue weighted by molar-refractivity contribution is 7.89. The molecule has 3 rings (SSSR count). The third kappa shape index (κ3) is 4.14. The van der Waals surface area contributed by atoms with Crippen LogP contribution >= 0.6 is 11.3 Å². The number of piperazine rings is 1. The number of hydrogen-bond donors (Lipinski definition) is 1. The van der Waals surface area contributed by atoms with E-state index in [9.17, 15) is 13.2 Å². The van der Waals surface area contributed by atoms with Gasteiger partial charge in [-0.3, -0.25) is 9.69 Å². The van der Waals surface area contributed by atoms with Crippen LogP contribution in [0.15, 0.2) is 26.9 Å². The molecule has 1 fully saturated rings. The van der Waals surface area contributed by atoms with Crippen molar-refractivity contribution in [3.63, 3.8) is 0 Å². The van der Waals surface area contributed by atoms with Crippen LogP contribution in [0.5, 0.6) is 0 Å². The van der Waals surface area contributed by atoms with Gasteiger partial charge in [-0.1, -0.05) is 11.2 Å². The van der Waals surface area contributed by atoms with E-state index in [1.54, 1.807) is 13.8 Å². The number of sulfonamides is 1. The Kier molecular flexibility index (Phi) is 5.76. The van der Waals surface area contributed by atoms with Gasteiger partial charge in [0.05, 0.1) is 4.88 Å². The summed E-state index contributed by atoms with van der Waals surface area (Å²) in [6.07, 6.45) is 0. The number of nitrogens with one attached hydrogen (secondary N) is 1. The van der Waals surface area contributed by atoms with Gasteiger partial charge in [-0.15, -0.1) is 11.3 Å². The fourth-order valence-electron chi connectivity index (χ4n) is 3.00. The molecule has 0 radical (unpaired) electrons. The molecule has 1 N–H and O–H groups in total. The lowest BCUT2D eigenvalue weighted by molar-refractivity contribution is 0.0645. The van der Waals surface area contributed by atoms with Crippen molar-refractivity contribution in [3.05, 3.63) is 33.8 Å². The second kappa shape index (κ2) is 7.87. The predicted molar refractivity (Wildman–Crippen MR) is 97.8 cm³/mol. The van der Waals surface area contributed by atoms with Crippen molar-refractivity contribution in [2.45, 2.75) is 18.7 Å². The zero-order valence-electron chi connectivity index (χ0n) is 14.8. The number of aromatic nitrogens is 1. The molecule has 0 aromatic carbocycles. The molecular formula is C16H22N4O4S2. The van der Waals surface area contributed by atoms with Crippen LogP contribution in [0.3, 0.4) is 0 Å². The summed E-state index contributed by atoms with van der Waals surface area (Å²) < 4.78 is 32.3. The molecule has 2 aromatic heterocycles. The minimum absolute atomic E-state index is 0.0683. The Balaban J connectivity index is 1.46. The quantitative estimate of drug-likeness (QED) is 0.783. The van der Waals surface area contributed by atoms with Crippen molar-refractivity contribution in [2.24, 2.45) is 0 Å². The third-order valence-corrected chi connectivity index (χ3v) is 6.91. The van der Waals surface area contributed by atoms with E-state index in [0.717, 1.165) is 18.0 Å². The Morgan fingerprint density at radius 3 is 2.62 bits per heavy atom. The van der Waals surface area contributed by atoms with Crippen LogP contribution in [-0.4, -0.2) is 68.5 Å². The van der Waals surface area contributed by atoms with Gasteiger partial charge in [-0.2, -0.15) is 0 Å². The van der Waals surface area contributed by atoms with Crippen LogP contribution in [-0.2, 0) is 10.0 Å². The van der Waals surface area contributed by atoms with Gasteiger partial charge in [0, 0.05) is 39.3 Å². The SMILES string of the molecule is Cc1noc(C)c1S(=O)(=O)NCCN1CCN(C(=O)c2cccs2)CC1. The monoisotopic (exact) mass is 398 g/mol. The fourth-order valence-corrected chi connectivity index (χ4v) is 5.04. The lowest BCUT2D eigenvalue weighted by Crippen LogP contribution is -2.50. The van der Waals surface area contributed by atoms with Gasteiger partial charge >= 0.3 is 0 Å². The van der Waals surface area contributed by atoms with Gasteiger partial charge in [0.15, 0.2) is 5.76 Å². The summed E-state index contributed by atoms with van der Waals surface area (Å²) in [5.74, 6) is 0.356. The maximum absolute atomic E-state index is 12.4. The lowest BCUT2D eigenvalue weighted by Gasteiger charge is -2.34. The molecule has 0 atom stereocenters. The molecule has 1 aliphatic rings. The molecule has 8 nitrogen and oxygen atoms in total. The maximum Gasteiger partial charge on any atom is 0.264 e. The summed E-state index contributed by atoms with van der Waals surface area (Å²) in [4.78, 5) is 17.2. The number of carbonyl (C=O) groups is 1. The minimum Gasteiger partial charge on any atom is -0.360 e. The smallest absolute Gasteiger partial charge is 0.264 e. The summed E-state index contributed by atoms with van der Waals surface area (Å²) in [6, 6.07) is 3.71. The molecule has 1 amide bonds. The molecular weight excluding hydrogens is 376 g/mol. The predicted octanol–water partition coefficient (Wildman–Crippen LogP) is 1.09. The van der Waals surface area contributed by atoms with Gasteiger partial charge in [-0.05, 0) is 25.3 Å². The van der Waals surface area contributed by atoms with E-state index in [-0.39, 0.29) is 16.6 Å². The van der Waals surface area contributed by atoms with E-state index in [1.165, 1.54) is 11.3 Å². The summed E-state index contributed by atoms with van der Waals surface area (Å²) in [5.41, 5.74) is 0.357. The minimum atomic E-state index is -3.63. The van der Waals surface area contributed by atoms with Crippen molar-refractivity contribution in [1.29, 1.82) is 0 Å². The van der Waals surface area contributed by atoms with E-state index >= 15 is 0 Å². The number of nitrogens with zero attached hydrogens (tertiary/aromatic N) is 3. The van der Waals surface area contributed by atoms with Crippen molar-refractivity contribution < 1.29 is 17.7 Å². The van der Waals surface area contributed by atoms with Crippen LogP contribution in [0.4, 0.5) is 0 Å². The summed E-state index contributed by atoms with van der Waals surface area (Å²) in [5, 5.41) is 5.58. The Labute approximate surface area is 156 Å². The first-order valence-corrected chi connectivity index (χ1v) is 10.7. The Morgan fingerprint density at radius 2 is 2.04 bits per heavy atom. The van der Waals surface area contributed by atoms with Crippen molar-refractivity contribution in [3.8, 4) is 0 Å². The van der Waals surface area contributed by atoms with Crippen molar-refractivity contribution in [2.75, 3.05) is 39.3 Å². The molecule has 0 bridgehead atoms. The van der Waals surface area contributed by atoms with Gasteiger partial charge in [0.2, 0.25) is 10.0 Å². The van der Waals surface area contributed by atoms with Gasteiger partial charge in [0.1, 0.15) is 10.6 Å². The van der Waals surface area contributed by atoms with Gasteiger partial charge in [0.25, 0.3) is 5.91 Å². The standard InChI is InChI=1S/C16H22N4O4S2/c1-12-15(13(2)24-18-12)26(22,23)17-5-6-19-7-9-20(10-8-19)16(21)14-4-3-11-25-14/h3-4,11,17H,5-10H2,1-2H3. The normalized spacial score (nSPS) is 16.2. The molecule has 0 spiro atoms. The Bertz CT molecular complexity index is 833. The summed E-state index contributed by atoms with van der Waals surface area (Å²) in [6.45, 7) is 6.82. The maximum atomic E-state index is 12.4. The largest absolute Gasteiger partial charge is 0.360 e. The molecule has 26 heavy (non-hydrogen) atoms. The zero-order chi connectivity index (χ0) is 18.7. The third-order valence-electron chi connectivity index (χ3n) is 4.35. The molecule has 0 aliphatic carbocycles. The van der Waals surface area contributed by atoms with E-state index in [2.05, 4.69) is 14.8 Å². The lowest BCUT2D eigenvalue weighted by atomic mass is 10.3. The van der Waals surface area contributed by atoms with Crippen LogP contribution in [0.2, 0.25) is 0 Å². The average Bonchev–Trinajstić information content (AvgIpc) is 3.25. The van der Waals surface area contributed by atoms with Crippen LogP contribution in [0.25, 0.3) is 0 Å². The highest BCUT2D eigenvalue weighted by atomic mass is 32.2. The molecule has 1 aliphatic heterocycles.